The zero-order chi connectivity index (χ0) is 15.4. The van der Waals surface area contributed by atoms with Gasteiger partial charge in [0.15, 0.2) is 0 Å². The Morgan fingerprint density at radius 3 is 2.77 bits per heavy atom. The van der Waals surface area contributed by atoms with Crippen molar-refractivity contribution in [3.05, 3.63) is 18.6 Å². The number of nitrogens with zero attached hydrogens (tertiary/aromatic N) is 4. The van der Waals surface area contributed by atoms with Crippen molar-refractivity contribution in [3.8, 4) is 0 Å². The largest absolute Gasteiger partial charge is 0.367 e. The van der Waals surface area contributed by atoms with Gasteiger partial charge in [-0.3, -0.25) is 4.79 Å². The van der Waals surface area contributed by atoms with Gasteiger partial charge in [0, 0.05) is 31.9 Å². The van der Waals surface area contributed by atoms with Gasteiger partial charge in [-0.1, -0.05) is 0 Å². The Morgan fingerprint density at radius 2 is 2.09 bits per heavy atom. The molecule has 0 bridgehead atoms. The monoisotopic (exact) mass is 303 g/mol. The van der Waals surface area contributed by atoms with E-state index in [0.717, 1.165) is 57.7 Å². The highest BCUT2D eigenvalue weighted by molar-refractivity contribution is 5.79. The van der Waals surface area contributed by atoms with Crippen LogP contribution in [0.4, 0.5) is 5.82 Å². The molecule has 2 aliphatic heterocycles. The molecule has 1 aromatic rings. The Morgan fingerprint density at radius 1 is 1.27 bits per heavy atom. The van der Waals surface area contributed by atoms with Gasteiger partial charge in [0.05, 0.1) is 5.92 Å². The number of aromatic nitrogens is 2. The Bertz CT molecular complexity index is 487. The SMILES string of the molecule is CN1CCCC(C(=O)N2CCC(Nc3ccncn3)CC2)C1. The topological polar surface area (TPSA) is 61.4 Å². The average molecular weight is 303 g/mol. The number of likely N-dealkylation sites (tertiary alicyclic amines) is 2. The highest BCUT2D eigenvalue weighted by atomic mass is 16.2. The van der Waals surface area contributed by atoms with Gasteiger partial charge in [-0.25, -0.2) is 9.97 Å². The first-order valence-electron chi connectivity index (χ1n) is 8.22. The number of carbonyl (C=O) groups is 1. The van der Waals surface area contributed by atoms with Crippen molar-refractivity contribution < 1.29 is 4.79 Å². The summed E-state index contributed by atoms with van der Waals surface area (Å²) < 4.78 is 0. The summed E-state index contributed by atoms with van der Waals surface area (Å²) in [5.41, 5.74) is 0. The standard InChI is InChI=1S/C16H25N5O/c1-20-8-2-3-13(11-20)16(22)21-9-5-14(6-10-21)19-15-4-7-17-12-18-15/h4,7,12-14H,2-3,5-6,8-11H2,1H3,(H,17,18,19). The van der Waals surface area contributed by atoms with Crippen LogP contribution in [-0.2, 0) is 4.79 Å². The number of nitrogens with one attached hydrogen (secondary N) is 1. The molecule has 120 valence electrons. The lowest BCUT2D eigenvalue weighted by Crippen LogP contribution is -2.48. The molecule has 0 saturated carbocycles. The van der Waals surface area contributed by atoms with Gasteiger partial charge < -0.3 is 15.1 Å². The molecule has 22 heavy (non-hydrogen) atoms. The third-order valence-corrected chi connectivity index (χ3v) is 4.71. The van der Waals surface area contributed by atoms with E-state index in [0.29, 0.717) is 11.9 Å². The smallest absolute Gasteiger partial charge is 0.226 e. The van der Waals surface area contributed by atoms with Crippen molar-refractivity contribution in [3.63, 3.8) is 0 Å². The molecule has 6 heteroatoms. The summed E-state index contributed by atoms with van der Waals surface area (Å²) in [5, 5.41) is 3.43. The predicted molar refractivity (Wildman–Crippen MR) is 85.5 cm³/mol. The van der Waals surface area contributed by atoms with Crippen LogP contribution in [0.3, 0.4) is 0 Å². The molecule has 0 spiro atoms. The first kappa shape index (κ1) is 15.2. The summed E-state index contributed by atoms with van der Waals surface area (Å²) in [7, 11) is 2.11. The highest BCUT2D eigenvalue weighted by Crippen LogP contribution is 2.21. The predicted octanol–water partition coefficient (Wildman–Crippen LogP) is 1.22. The van der Waals surface area contributed by atoms with E-state index < -0.39 is 0 Å². The van der Waals surface area contributed by atoms with E-state index in [2.05, 4.69) is 32.1 Å². The minimum atomic E-state index is 0.199. The van der Waals surface area contributed by atoms with Crippen LogP contribution in [0.15, 0.2) is 18.6 Å². The number of amides is 1. The molecule has 1 atom stereocenters. The van der Waals surface area contributed by atoms with E-state index >= 15 is 0 Å². The molecule has 1 unspecified atom stereocenters. The lowest BCUT2D eigenvalue weighted by Gasteiger charge is -2.37. The molecule has 1 aromatic heterocycles. The molecule has 1 N–H and O–H groups in total. The zero-order valence-corrected chi connectivity index (χ0v) is 13.2. The number of piperidine rings is 2. The van der Waals surface area contributed by atoms with Crippen molar-refractivity contribution >= 4 is 11.7 Å². The van der Waals surface area contributed by atoms with Gasteiger partial charge in [-0.05, 0) is 45.3 Å². The van der Waals surface area contributed by atoms with Gasteiger partial charge >= 0.3 is 0 Å². The second-order valence-corrected chi connectivity index (χ2v) is 6.44. The van der Waals surface area contributed by atoms with E-state index in [-0.39, 0.29) is 5.92 Å². The van der Waals surface area contributed by atoms with Crippen LogP contribution in [0.5, 0.6) is 0 Å². The molecule has 0 radical (unpaired) electrons. The first-order chi connectivity index (χ1) is 10.7. The van der Waals surface area contributed by atoms with Gasteiger partial charge in [-0.15, -0.1) is 0 Å². The second-order valence-electron chi connectivity index (χ2n) is 6.44. The molecule has 2 saturated heterocycles. The van der Waals surface area contributed by atoms with Crippen LogP contribution in [0, 0.1) is 5.92 Å². The van der Waals surface area contributed by atoms with E-state index in [9.17, 15) is 4.79 Å². The van der Waals surface area contributed by atoms with E-state index in [4.69, 9.17) is 0 Å². The van der Waals surface area contributed by atoms with Crippen LogP contribution in [0.2, 0.25) is 0 Å². The molecule has 2 fully saturated rings. The van der Waals surface area contributed by atoms with E-state index in [1.807, 2.05) is 6.07 Å². The van der Waals surface area contributed by atoms with Gasteiger partial charge in [0.1, 0.15) is 12.1 Å². The van der Waals surface area contributed by atoms with Crippen molar-refractivity contribution in [1.82, 2.24) is 19.8 Å². The molecular weight excluding hydrogens is 278 g/mol. The summed E-state index contributed by atoms with van der Waals surface area (Å²) in [6, 6.07) is 2.28. The summed E-state index contributed by atoms with van der Waals surface area (Å²) in [6.07, 6.45) is 7.45. The fourth-order valence-corrected chi connectivity index (χ4v) is 3.46. The molecule has 3 heterocycles. The van der Waals surface area contributed by atoms with Crippen LogP contribution >= 0.6 is 0 Å². The summed E-state index contributed by atoms with van der Waals surface area (Å²) in [6.45, 7) is 3.73. The van der Waals surface area contributed by atoms with Crippen LogP contribution in [-0.4, -0.2) is 64.9 Å². The maximum Gasteiger partial charge on any atom is 0.226 e. The fourth-order valence-electron chi connectivity index (χ4n) is 3.46. The van der Waals surface area contributed by atoms with Gasteiger partial charge in [0.2, 0.25) is 5.91 Å². The van der Waals surface area contributed by atoms with Crippen molar-refractivity contribution in [1.29, 1.82) is 0 Å². The minimum Gasteiger partial charge on any atom is -0.367 e. The van der Waals surface area contributed by atoms with E-state index in [1.54, 1.807) is 12.5 Å². The minimum absolute atomic E-state index is 0.199. The molecule has 2 aliphatic rings. The summed E-state index contributed by atoms with van der Waals surface area (Å²) in [5.74, 6) is 1.42. The van der Waals surface area contributed by atoms with E-state index in [1.165, 1.54) is 0 Å². The number of rotatable bonds is 3. The molecule has 1 amide bonds. The van der Waals surface area contributed by atoms with Crippen LogP contribution < -0.4 is 5.32 Å². The molecule has 0 aliphatic carbocycles. The number of carbonyl (C=O) groups excluding carboxylic acids is 1. The first-order valence-corrected chi connectivity index (χ1v) is 8.22. The number of hydrogen-bond donors (Lipinski definition) is 1. The summed E-state index contributed by atoms with van der Waals surface area (Å²) in [4.78, 5) is 25.1. The average Bonchev–Trinajstić information content (AvgIpc) is 2.56. The Hall–Kier alpha value is -1.69. The molecule has 3 rings (SSSR count). The van der Waals surface area contributed by atoms with Gasteiger partial charge in [0.25, 0.3) is 0 Å². The second kappa shape index (κ2) is 7.05. The van der Waals surface area contributed by atoms with Crippen LogP contribution in [0.25, 0.3) is 0 Å². The van der Waals surface area contributed by atoms with Crippen molar-refractivity contribution in [2.75, 3.05) is 38.5 Å². The lowest BCUT2D eigenvalue weighted by atomic mass is 9.95. The molecule has 0 aromatic carbocycles. The highest BCUT2D eigenvalue weighted by Gasteiger charge is 2.30. The van der Waals surface area contributed by atoms with Crippen molar-refractivity contribution in [2.24, 2.45) is 5.92 Å². The summed E-state index contributed by atoms with van der Waals surface area (Å²) >= 11 is 0. The van der Waals surface area contributed by atoms with Crippen LogP contribution in [0.1, 0.15) is 25.7 Å². The third-order valence-electron chi connectivity index (χ3n) is 4.71. The molecule has 6 nitrogen and oxygen atoms in total. The van der Waals surface area contributed by atoms with Gasteiger partial charge in [-0.2, -0.15) is 0 Å². The Labute approximate surface area is 131 Å². The fraction of sp³-hybridized carbons (Fsp3) is 0.688. The number of hydrogen-bond acceptors (Lipinski definition) is 5. The Balaban J connectivity index is 1.48. The Kier molecular flexibility index (Phi) is 4.87. The third kappa shape index (κ3) is 3.74. The normalized spacial score (nSPS) is 24.2. The quantitative estimate of drug-likeness (QED) is 0.910. The zero-order valence-electron chi connectivity index (χ0n) is 13.2. The molecular formula is C16H25N5O. The number of anilines is 1. The lowest BCUT2D eigenvalue weighted by molar-refractivity contribution is -0.138. The maximum absolute atomic E-state index is 12.6. The van der Waals surface area contributed by atoms with Crippen molar-refractivity contribution in [2.45, 2.75) is 31.7 Å². The maximum atomic E-state index is 12.6.